The first-order chi connectivity index (χ1) is 12.8. The van der Waals surface area contributed by atoms with Crippen LogP contribution in [0.2, 0.25) is 0 Å². The van der Waals surface area contributed by atoms with Crippen LogP contribution in [-0.4, -0.2) is 23.8 Å². The second-order valence-electron chi connectivity index (χ2n) is 6.77. The van der Waals surface area contributed by atoms with Gasteiger partial charge in [-0.2, -0.15) is 0 Å². The monoisotopic (exact) mass is 367 g/mol. The zero-order valence-electron chi connectivity index (χ0n) is 16.0. The fourth-order valence-corrected chi connectivity index (χ4v) is 2.67. The second kappa shape index (κ2) is 8.98. The molecule has 0 aliphatic rings. The number of hydrogen-bond acceptors (Lipinski definition) is 3. The van der Waals surface area contributed by atoms with Gasteiger partial charge in [-0.3, -0.25) is 25.2 Å². The Hall–Kier alpha value is -3.15. The fourth-order valence-electron chi connectivity index (χ4n) is 2.67. The van der Waals surface area contributed by atoms with E-state index in [0.717, 1.165) is 11.1 Å². The molecule has 2 aromatic carbocycles. The van der Waals surface area contributed by atoms with E-state index in [1.807, 2.05) is 52.0 Å². The number of amides is 3. The third-order valence-corrected chi connectivity index (χ3v) is 4.31. The molecule has 0 radical (unpaired) electrons. The summed E-state index contributed by atoms with van der Waals surface area (Å²) in [7, 11) is 0. The van der Waals surface area contributed by atoms with Crippen molar-refractivity contribution in [1.82, 2.24) is 16.2 Å². The molecule has 0 aliphatic heterocycles. The molecule has 2 rings (SSSR count). The summed E-state index contributed by atoms with van der Waals surface area (Å²) >= 11 is 0. The number of benzene rings is 2. The van der Waals surface area contributed by atoms with Gasteiger partial charge in [0.25, 0.3) is 17.7 Å². The Morgan fingerprint density at radius 1 is 0.741 bits per heavy atom. The van der Waals surface area contributed by atoms with Crippen molar-refractivity contribution in [2.24, 2.45) is 5.92 Å². The molecule has 0 aromatic heterocycles. The minimum absolute atomic E-state index is 0.159. The summed E-state index contributed by atoms with van der Waals surface area (Å²) < 4.78 is 0. The van der Waals surface area contributed by atoms with E-state index < -0.39 is 17.9 Å². The van der Waals surface area contributed by atoms with E-state index in [1.165, 1.54) is 0 Å². The van der Waals surface area contributed by atoms with E-state index in [1.54, 1.807) is 24.3 Å². The molecule has 0 saturated carbocycles. The normalized spacial score (nSPS) is 11.6. The first-order valence-corrected chi connectivity index (χ1v) is 8.83. The molecule has 3 N–H and O–H groups in total. The second-order valence-corrected chi connectivity index (χ2v) is 6.77. The first kappa shape index (κ1) is 20.2. The number of hydrogen-bond donors (Lipinski definition) is 3. The molecule has 0 bridgehead atoms. The molecule has 6 heteroatoms. The number of aryl methyl sites for hydroxylation is 2. The van der Waals surface area contributed by atoms with Crippen LogP contribution in [0.4, 0.5) is 0 Å². The molecule has 1 atom stereocenters. The van der Waals surface area contributed by atoms with Crippen molar-refractivity contribution >= 4 is 17.7 Å². The van der Waals surface area contributed by atoms with Crippen molar-refractivity contribution in [3.8, 4) is 0 Å². The minimum Gasteiger partial charge on any atom is -0.340 e. The van der Waals surface area contributed by atoms with E-state index in [4.69, 9.17) is 0 Å². The Balaban J connectivity index is 2.03. The molecule has 0 saturated heterocycles. The van der Waals surface area contributed by atoms with Crippen molar-refractivity contribution in [1.29, 1.82) is 0 Å². The zero-order valence-corrected chi connectivity index (χ0v) is 16.0. The molecular weight excluding hydrogens is 342 g/mol. The quantitative estimate of drug-likeness (QED) is 0.710. The number of rotatable bonds is 5. The lowest BCUT2D eigenvalue weighted by Gasteiger charge is -2.22. The van der Waals surface area contributed by atoms with Gasteiger partial charge >= 0.3 is 0 Å². The van der Waals surface area contributed by atoms with Gasteiger partial charge in [0, 0.05) is 11.1 Å². The predicted octanol–water partition coefficient (Wildman–Crippen LogP) is 2.52. The highest BCUT2D eigenvalue weighted by Gasteiger charge is 2.25. The maximum atomic E-state index is 12.5. The SMILES string of the molecule is Cc1ccccc1C(=O)NNC(=O)[C@H](NC(=O)c1ccccc1C)C(C)C. The molecule has 6 nitrogen and oxygen atoms in total. The molecule has 2 aromatic rings. The van der Waals surface area contributed by atoms with Crippen LogP contribution >= 0.6 is 0 Å². The van der Waals surface area contributed by atoms with E-state index in [9.17, 15) is 14.4 Å². The van der Waals surface area contributed by atoms with Crippen LogP contribution in [0.3, 0.4) is 0 Å². The van der Waals surface area contributed by atoms with Crippen LogP contribution in [0.1, 0.15) is 45.7 Å². The standard InChI is InChI=1S/C21H25N3O3/c1-13(2)18(22-19(25)16-11-7-5-9-14(16)3)21(27)24-23-20(26)17-12-8-6-10-15(17)4/h5-13,18H,1-4H3,(H,22,25)(H,23,26)(H,24,27)/t18-/m1/s1. The highest BCUT2D eigenvalue weighted by atomic mass is 16.2. The van der Waals surface area contributed by atoms with Gasteiger partial charge in [0.2, 0.25) is 0 Å². The molecule has 0 aliphatic carbocycles. The Labute approximate surface area is 159 Å². The largest absolute Gasteiger partial charge is 0.340 e. The van der Waals surface area contributed by atoms with Crippen LogP contribution in [0.15, 0.2) is 48.5 Å². The summed E-state index contributed by atoms with van der Waals surface area (Å²) in [5, 5.41) is 2.75. The van der Waals surface area contributed by atoms with Gasteiger partial charge in [0.05, 0.1) is 0 Å². The number of nitrogens with one attached hydrogen (secondary N) is 3. The molecule has 0 unspecified atom stereocenters. The summed E-state index contributed by atoms with van der Waals surface area (Å²) in [5.41, 5.74) is 7.43. The Bertz CT molecular complexity index is 846. The van der Waals surface area contributed by atoms with Crippen LogP contribution in [-0.2, 0) is 4.79 Å². The number of carbonyl (C=O) groups is 3. The van der Waals surface area contributed by atoms with E-state index in [-0.39, 0.29) is 11.8 Å². The van der Waals surface area contributed by atoms with Crippen molar-refractivity contribution in [2.45, 2.75) is 33.7 Å². The molecule has 142 valence electrons. The number of hydrazine groups is 1. The van der Waals surface area contributed by atoms with Crippen molar-refractivity contribution in [3.63, 3.8) is 0 Å². The number of carbonyl (C=O) groups excluding carboxylic acids is 3. The summed E-state index contributed by atoms with van der Waals surface area (Å²) in [4.78, 5) is 37.3. The molecule has 0 spiro atoms. The van der Waals surface area contributed by atoms with Crippen molar-refractivity contribution in [2.75, 3.05) is 0 Å². The molecule has 3 amide bonds. The van der Waals surface area contributed by atoms with Gasteiger partial charge in [-0.05, 0) is 43.0 Å². The lowest BCUT2D eigenvalue weighted by molar-refractivity contribution is -0.124. The van der Waals surface area contributed by atoms with Crippen LogP contribution in [0.5, 0.6) is 0 Å². The maximum Gasteiger partial charge on any atom is 0.269 e. The maximum absolute atomic E-state index is 12.5. The summed E-state index contributed by atoms with van der Waals surface area (Å²) in [6.45, 7) is 7.30. The van der Waals surface area contributed by atoms with E-state index in [0.29, 0.717) is 11.1 Å². The summed E-state index contributed by atoms with van der Waals surface area (Å²) in [6, 6.07) is 13.5. The average Bonchev–Trinajstić information content (AvgIpc) is 2.64. The third kappa shape index (κ3) is 5.17. The highest BCUT2D eigenvalue weighted by Crippen LogP contribution is 2.10. The van der Waals surface area contributed by atoms with Gasteiger partial charge < -0.3 is 5.32 Å². The minimum atomic E-state index is -0.783. The van der Waals surface area contributed by atoms with E-state index in [2.05, 4.69) is 16.2 Å². The smallest absolute Gasteiger partial charge is 0.269 e. The van der Waals surface area contributed by atoms with Gasteiger partial charge in [-0.1, -0.05) is 50.2 Å². The topological polar surface area (TPSA) is 87.3 Å². The van der Waals surface area contributed by atoms with Gasteiger partial charge in [0.15, 0.2) is 0 Å². The Morgan fingerprint density at radius 2 is 1.22 bits per heavy atom. The van der Waals surface area contributed by atoms with Crippen LogP contribution in [0.25, 0.3) is 0 Å². The van der Waals surface area contributed by atoms with Gasteiger partial charge in [-0.25, -0.2) is 0 Å². The fraction of sp³-hybridized carbons (Fsp3) is 0.286. The lowest BCUT2D eigenvalue weighted by atomic mass is 10.0. The van der Waals surface area contributed by atoms with Crippen LogP contribution in [0, 0.1) is 19.8 Å². The molecular formula is C21H25N3O3. The average molecular weight is 367 g/mol. The third-order valence-electron chi connectivity index (χ3n) is 4.31. The van der Waals surface area contributed by atoms with Crippen molar-refractivity contribution < 1.29 is 14.4 Å². The molecule has 0 heterocycles. The Morgan fingerprint density at radius 3 is 1.70 bits per heavy atom. The zero-order chi connectivity index (χ0) is 20.0. The predicted molar refractivity (Wildman–Crippen MR) is 104 cm³/mol. The summed E-state index contributed by atoms with van der Waals surface area (Å²) in [5.74, 6) is -1.37. The van der Waals surface area contributed by atoms with Gasteiger partial charge in [-0.15, -0.1) is 0 Å². The van der Waals surface area contributed by atoms with Crippen LogP contribution < -0.4 is 16.2 Å². The van der Waals surface area contributed by atoms with Gasteiger partial charge in [0.1, 0.15) is 6.04 Å². The highest BCUT2D eigenvalue weighted by molar-refractivity contribution is 6.00. The Kier molecular flexibility index (Phi) is 6.71. The van der Waals surface area contributed by atoms with E-state index >= 15 is 0 Å². The molecule has 0 fully saturated rings. The summed E-state index contributed by atoms with van der Waals surface area (Å²) in [6.07, 6.45) is 0. The first-order valence-electron chi connectivity index (χ1n) is 8.83. The van der Waals surface area contributed by atoms with Crippen molar-refractivity contribution in [3.05, 3.63) is 70.8 Å². The molecule has 27 heavy (non-hydrogen) atoms. The lowest BCUT2D eigenvalue weighted by Crippen LogP contribution is -2.54.